The Morgan fingerprint density at radius 3 is 2.14 bits per heavy atom. The first-order valence-electron chi connectivity index (χ1n) is 5.67. The van der Waals surface area contributed by atoms with E-state index in [1.165, 1.54) is 0 Å². The molecule has 3 aromatic rings. The number of nitrogen functional groups attached to an aromatic ring is 1. The highest BCUT2D eigenvalue weighted by Gasteiger charge is 2.22. The average molecular weight is 299 g/mol. The van der Waals surface area contributed by atoms with Crippen LogP contribution in [0.4, 0.5) is 27.9 Å². The number of nitrogens with two attached hydrogens (primary N) is 1. The highest BCUT2D eigenvalue weighted by Crippen LogP contribution is 2.29. The second kappa shape index (κ2) is 4.44. The fourth-order valence-electron chi connectivity index (χ4n) is 2.10. The van der Waals surface area contributed by atoms with Gasteiger partial charge in [-0.15, -0.1) is 0 Å². The molecule has 8 heteroatoms. The lowest BCUT2D eigenvalue weighted by atomic mass is 10.2. The standard InChI is InChI=1S/C13H6F5N3/c14-5-3-7(16)11(8(17)4-5)21-12-9(20-13(21)19)2-1-6(15)10(12)18/h1-4H,(H2,19,20). The zero-order valence-corrected chi connectivity index (χ0v) is 10.2. The van der Waals surface area contributed by atoms with Gasteiger partial charge in [-0.25, -0.2) is 26.9 Å². The van der Waals surface area contributed by atoms with Crippen molar-refractivity contribution < 1.29 is 22.0 Å². The van der Waals surface area contributed by atoms with E-state index >= 15 is 0 Å². The van der Waals surface area contributed by atoms with Gasteiger partial charge in [-0.3, -0.25) is 4.57 Å². The number of halogens is 5. The number of hydrogen-bond acceptors (Lipinski definition) is 2. The van der Waals surface area contributed by atoms with Crippen molar-refractivity contribution >= 4 is 17.0 Å². The largest absolute Gasteiger partial charge is 0.369 e. The van der Waals surface area contributed by atoms with E-state index in [0.29, 0.717) is 16.7 Å². The molecule has 3 rings (SSSR count). The molecule has 0 aliphatic heterocycles. The molecular weight excluding hydrogens is 293 g/mol. The maximum atomic E-state index is 13.9. The van der Waals surface area contributed by atoms with Crippen LogP contribution in [0.3, 0.4) is 0 Å². The third-order valence-corrected chi connectivity index (χ3v) is 2.94. The van der Waals surface area contributed by atoms with Crippen LogP contribution in [0, 0.1) is 29.1 Å². The molecule has 0 atom stereocenters. The van der Waals surface area contributed by atoms with Crippen molar-refractivity contribution in [1.29, 1.82) is 0 Å². The van der Waals surface area contributed by atoms with Gasteiger partial charge in [-0.05, 0) is 12.1 Å². The highest BCUT2D eigenvalue weighted by molar-refractivity contribution is 5.81. The lowest BCUT2D eigenvalue weighted by molar-refractivity contribution is 0.511. The van der Waals surface area contributed by atoms with E-state index in [4.69, 9.17) is 5.73 Å². The Hall–Kier alpha value is -2.64. The second-order valence-corrected chi connectivity index (χ2v) is 4.25. The van der Waals surface area contributed by atoms with Gasteiger partial charge >= 0.3 is 0 Å². The molecule has 0 unspecified atom stereocenters. The lowest BCUT2D eigenvalue weighted by Gasteiger charge is -2.10. The molecule has 0 saturated carbocycles. The van der Waals surface area contributed by atoms with Gasteiger partial charge in [-0.1, -0.05) is 0 Å². The zero-order valence-electron chi connectivity index (χ0n) is 10.2. The summed E-state index contributed by atoms with van der Waals surface area (Å²) in [4.78, 5) is 3.70. The molecule has 0 spiro atoms. The van der Waals surface area contributed by atoms with Gasteiger partial charge in [0.1, 0.15) is 17.0 Å². The SMILES string of the molecule is Nc1nc2ccc(F)c(F)c2n1-c1c(F)cc(F)cc1F. The van der Waals surface area contributed by atoms with E-state index in [9.17, 15) is 22.0 Å². The molecule has 2 aromatic carbocycles. The smallest absolute Gasteiger partial charge is 0.206 e. The summed E-state index contributed by atoms with van der Waals surface area (Å²) in [5, 5.41) is 0. The minimum absolute atomic E-state index is 0.0884. The molecule has 0 amide bonds. The van der Waals surface area contributed by atoms with Gasteiger partial charge in [0.2, 0.25) is 5.95 Å². The van der Waals surface area contributed by atoms with Crippen LogP contribution in [-0.4, -0.2) is 9.55 Å². The monoisotopic (exact) mass is 299 g/mol. The van der Waals surface area contributed by atoms with Gasteiger partial charge in [-0.2, -0.15) is 0 Å². The van der Waals surface area contributed by atoms with E-state index < -0.39 is 46.2 Å². The van der Waals surface area contributed by atoms with Crippen LogP contribution in [-0.2, 0) is 0 Å². The maximum absolute atomic E-state index is 13.9. The van der Waals surface area contributed by atoms with Gasteiger partial charge in [0.05, 0.1) is 5.52 Å². The third-order valence-electron chi connectivity index (χ3n) is 2.94. The topological polar surface area (TPSA) is 43.8 Å². The Bertz CT molecular complexity index is 849. The summed E-state index contributed by atoms with van der Waals surface area (Å²) < 4.78 is 68.3. The summed E-state index contributed by atoms with van der Waals surface area (Å²) in [6.07, 6.45) is 0. The Kier molecular flexibility index (Phi) is 2.82. The first-order chi connectivity index (χ1) is 9.90. The summed E-state index contributed by atoms with van der Waals surface area (Å²) in [6, 6.07) is 2.73. The molecule has 0 aliphatic rings. The molecule has 0 saturated heterocycles. The van der Waals surface area contributed by atoms with Crippen LogP contribution >= 0.6 is 0 Å². The van der Waals surface area contributed by atoms with Crippen molar-refractivity contribution in [3.63, 3.8) is 0 Å². The molecule has 108 valence electrons. The highest BCUT2D eigenvalue weighted by atomic mass is 19.2. The third kappa shape index (κ3) is 1.91. The van der Waals surface area contributed by atoms with E-state index in [0.717, 1.165) is 12.1 Å². The number of imidazole rings is 1. The zero-order chi connectivity index (χ0) is 15.3. The number of hydrogen-bond donors (Lipinski definition) is 1. The van der Waals surface area contributed by atoms with Crippen LogP contribution in [0.5, 0.6) is 0 Å². The van der Waals surface area contributed by atoms with Gasteiger partial charge in [0.15, 0.2) is 23.3 Å². The van der Waals surface area contributed by atoms with Gasteiger partial charge < -0.3 is 5.73 Å². The van der Waals surface area contributed by atoms with E-state index in [1.807, 2.05) is 0 Å². The van der Waals surface area contributed by atoms with E-state index in [-0.39, 0.29) is 5.52 Å². The summed E-state index contributed by atoms with van der Waals surface area (Å²) in [6.45, 7) is 0. The molecule has 2 N–H and O–H groups in total. The van der Waals surface area contributed by atoms with Crippen molar-refractivity contribution in [3.05, 3.63) is 53.4 Å². The minimum Gasteiger partial charge on any atom is -0.369 e. The van der Waals surface area contributed by atoms with E-state index in [2.05, 4.69) is 4.98 Å². The molecule has 1 heterocycles. The van der Waals surface area contributed by atoms with E-state index in [1.54, 1.807) is 0 Å². The maximum Gasteiger partial charge on any atom is 0.206 e. The molecule has 1 aromatic heterocycles. The Labute approximate surface area is 114 Å². The minimum atomic E-state index is -1.36. The van der Waals surface area contributed by atoms with Crippen molar-refractivity contribution in [1.82, 2.24) is 9.55 Å². The summed E-state index contributed by atoms with van der Waals surface area (Å²) in [5.41, 5.74) is 4.06. The average Bonchev–Trinajstić information content (AvgIpc) is 2.71. The number of fused-ring (bicyclic) bond motifs is 1. The van der Waals surface area contributed by atoms with Gasteiger partial charge in [0, 0.05) is 12.1 Å². The van der Waals surface area contributed by atoms with Crippen molar-refractivity contribution in [3.8, 4) is 5.69 Å². The predicted octanol–water partition coefficient (Wildman–Crippen LogP) is 3.30. The van der Waals surface area contributed by atoms with Crippen molar-refractivity contribution in [2.75, 3.05) is 5.73 Å². The summed E-state index contributed by atoms with van der Waals surface area (Å²) >= 11 is 0. The number of benzene rings is 2. The molecular formula is C13H6F5N3. The van der Waals surface area contributed by atoms with Crippen molar-refractivity contribution in [2.45, 2.75) is 0 Å². The van der Waals surface area contributed by atoms with Crippen LogP contribution in [0.15, 0.2) is 24.3 Å². The Morgan fingerprint density at radius 2 is 1.52 bits per heavy atom. The molecule has 0 radical (unpaired) electrons. The van der Waals surface area contributed by atoms with Crippen LogP contribution in [0.1, 0.15) is 0 Å². The quantitative estimate of drug-likeness (QED) is 0.701. The predicted molar refractivity (Wildman–Crippen MR) is 65.3 cm³/mol. The second-order valence-electron chi connectivity index (χ2n) is 4.25. The van der Waals surface area contributed by atoms with Crippen LogP contribution in [0.25, 0.3) is 16.7 Å². The molecule has 3 nitrogen and oxygen atoms in total. The first kappa shape index (κ1) is 13.3. The van der Waals surface area contributed by atoms with Crippen LogP contribution in [0.2, 0.25) is 0 Å². The molecule has 0 aliphatic carbocycles. The molecule has 0 fully saturated rings. The lowest BCUT2D eigenvalue weighted by Crippen LogP contribution is -2.07. The number of anilines is 1. The van der Waals surface area contributed by atoms with Gasteiger partial charge in [0.25, 0.3) is 0 Å². The molecule has 0 bridgehead atoms. The fraction of sp³-hybridized carbons (Fsp3) is 0. The summed E-state index contributed by atoms with van der Waals surface area (Å²) in [5.74, 6) is -6.84. The Morgan fingerprint density at radius 1 is 0.905 bits per heavy atom. The number of aromatic nitrogens is 2. The molecule has 21 heavy (non-hydrogen) atoms. The van der Waals surface area contributed by atoms with Crippen LogP contribution < -0.4 is 5.73 Å². The number of rotatable bonds is 1. The Balaban J connectivity index is 2.46. The first-order valence-corrected chi connectivity index (χ1v) is 5.67. The van der Waals surface area contributed by atoms with Crippen molar-refractivity contribution in [2.24, 2.45) is 0 Å². The fourth-order valence-corrected chi connectivity index (χ4v) is 2.10. The normalized spacial score (nSPS) is 11.3. The summed E-state index contributed by atoms with van der Waals surface area (Å²) in [7, 11) is 0. The number of nitrogens with zero attached hydrogens (tertiary/aromatic N) is 2.